The van der Waals surface area contributed by atoms with E-state index < -0.39 is 11.4 Å². The lowest BCUT2D eigenvalue weighted by atomic mass is 9.66. The predicted molar refractivity (Wildman–Crippen MR) is 79.1 cm³/mol. The largest absolute Gasteiger partial charge is 0.481 e. The fraction of sp³-hybridized carbons (Fsp3) is 0.600. The number of aliphatic carboxylic acids is 1. The maximum atomic E-state index is 11.9. The molecule has 2 heterocycles. The highest BCUT2D eigenvalue weighted by Gasteiger charge is 2.43. The summed E-state index contributed by atoms with van der Waals surface area (Å²) in [6.07, 6.45) is 9.36. The zero-order valence-electron chi connectivity index (χ0n) is 11.7. The second-order valence-corrected chi connectivity index (χ2v) is 6.83. The van der Waals surface area contributed by atoms with Gasteiger partial charge in [-0.25, -0.2) is 4.98 Å². The Morgan fingerprint density at radius 3 is 3.20 bits per heavy atom. The van der Waals surface area contributed by atoms with Crippen LogP contribution in [0, 0.1) is 11.3 Å². The van der Waals surface area contributed by atoms with E-state index in [1.165, 1.54) is 6.42 Å². The van der Waals surface area contributed by atoms with Gasteiger partial charge in [0, 0.05) is 24.2 Å². The van der Waals surface area contributed by atoms with Crippen LogP contribution in [0.4, 0.5) is 0 Å². The van der Waals surface area contributed by atoms with Gasteiger partial charge in [-0.05, 0) is 18.8 Å². The molecular formula is C15H20N2O2S. The third-order valence-electron chi connectivity index (χ3n) is 4.64. The van der Waals surface area contributed by atoms with E-state index in [2.05, 4.69) is 11.9 Å². The quantitative estimate of drug-likeness (QED) is 0.936. The lowest BCUT2D eigenvalue weighted by Crippen LogP contribution is -2.38. The van der Waals surface area contributed by atoms with Crippen molar-refractivity contribution in [1.29, 1.82) is 0 Å². The number of carbonyl (C=O) groups is 1. The van der Waals surface area contributed by atoms with Crippen LogP contribution in [0.3, 0.4) is 0 Å². The standard InChI is InChI=1S/C15H20N2O2S/c1-2-11-4-3-5-15(8-11,13(18)19)9-12-10-17-6-7-20-14(17)16-12/h6-7,10-11H,2-5,8-9H2,1H3,(H,18,19). The van der Waals surface area contributed by atoms with Crippen LogP contribution in [-0.2, 0) is 11.2 Å². The molecule has 0 aliphatic heterocycles. The second-order valence-electron chi connectivity index (χ2n) is 5.96. The first-order chi connectivity index (χ1) is 9.63. The van der Waals surface area contributed by atoms with Crippen molar-refractivity contribution in [2.45, 2.75) is 45.4 Å². The lowest BCUT2D eigenvalue weighted by Gasteiger charge is -2.37. The van der Waals surface area contributed by atoms with E-state index in [0.29, 0.717) is 12.3 Å². The highest BCUT2D eigenvalue weighted by molar-refractivity contribution is 7.15. The van der Waals surface area contributed by atoms with Gasteiger partial charge in [0.05, 0.1) is 11.1 Å². The zero-order chi connectivity index (χ0) is 14.2. The van der Waals surface area contributed by atoms with Gasteiger partial charge in [-0.2, -0.15) is 0 Å². The molecule has 2 aromatic heterocycles. The van der Waals surface area contributed by atoms with Crippen molar-refractivity contribution in [2.75, 3.05) is 0 Å². The van der Waals surface area contributed by atoms with E-state index >= 15 is 0 Å². The van der Waals surface area contributed by atoms with Gasteiger partial charge in [0.25, 0.3) is 0 Å². The van der Waals surface area contributed by atoms with Crippen LogP contribution < -0.4 is 0 Å². The van der Waals surface area contributed by atoms with Gasteiger partial charge in [-0.3, -0.25) is 9.20 Å². The molecule has 2 unspecified atom stereocenters. The number of aromatic nitrogens is 2. The minimum absolute atomic E-state index is 0.545. The average Bonchev–Trinajstić information content (AvgIpc) is 2.99. The number of hydrogen-bond donors (Lipinski definition) is 1. The van der Waals surface area contributed by atoms with Crippen molar-refractivity contribution in [3.63, 3.8) is 0 Å². The highest BCUT2D eigenvalue weighted by Crippen LogP contribution is 2.43. The lowest BCUT2D eigenvalue weighted by molar-refractivity contribution is -0.152. The average molecular weight is 292 g/mol. The summed E-state index contributed by atoms with van der Waals surface area (Å²) in [7, 11) is 0. The summed E-state index contributed by atoms with van der Waals surface area (Å²) < 4.78 is 1.98. The fourth-order valence-corrected chi connectivity index (χ4v) is 4.19. The van der Waals surface area contributed by atoms with E-state index in [4.69, 9.17) is 0 Å². The van der Waals surface area contributed by atoms with E-state index in [0.717, 1.165) is 36.3 Å². The molecule has 0 radical (unpaired) electrons. The molecule has 3 rings (SSSR count). The highest BCUT2D eigenvalue weighted by atomic mass is 32.1. The number of nitrogens with zero attached hydrogens (tertiary/aromatic N) is 2. The first-order valence-corrected chi connectivity index (χ1v) is 8.15. The van der Waals surface area contributed by atoms with Crippen LogP contribution in [0.5, 0.6) is 0 Å². The Kier molecular flexibility index (Phi) is 3.54. The van der Waals surface area contributed by atoms with E-state index in [-0.39, 0.29) is 0 Å². The second kappa shape index (κ2) is 5.20. The third-order valence-corrected chi connectivity index (χ3v) is 5.41. The Hall–Kier alpha value is -1.36. The molecule has 1 aliphatic rings. The van der Waals surface area contributed by atoms with Crippen LogP contribution in [0.25, 0.3) is 4.96 Å². The normalized spacial score (nSPS) is 26.9. The number of hydrogen-bond acceptors (Lipinski definition) is 3. The van der Waals surface area contributed by atoms with Gasteiger partial charge < -0.3 is 5.11 Å². The third kappa shape index (κ3) is 2.35. The molecule has 0 aromatic carbocycles. The maximum Gasteiger partial charge on any atom is 0.310 e. The summed E-state index contributed by atoms with van der Waals surface area (Å²) >= 11 is 1.59. The molecular weight excluding hydrogens is 272 g/mol. The van der Waals surface area contributed by atoms with Gasteiger partial charge in [0.1, 0.15) is 0 Å². The van der Waals surface area contributed by atoms with Crippen molar-refractivity contribution >= 4 is 22.3 Å². The first-order valence-electron chi connectivity index (χ1n) is 7.27. The Bertz CT molecular complexity index is 590. The summed E-state index contributed by atoms with van der Waals surface area (Å²) in [5.74, 6) is -0.101. The van der Waals surface area contributed by atoms with Crippen LogP contribution >= 0.6 is 11.3 Å². The summed E-state index contributed by atoms with van der Waals surface area (Å²) in [6.45, 7) is 2.16. The predicted octanol–water partition coefficient (Wildman–Crippen LogP) is 3.61. The topological polar surface area (TPSA) is 54.6 Å². The summed E-state index contributed by atoms with van der Waals surface area (Å²) in [4.78, 5) is 17.4. The van der Waals surface area contributed by atoms with Gasteiger partial charge in [0.2, 0.25) is 0 Å². The van der Waals surface area contributed by atoms with Crippen molar-refractivity contribution in [3.8, 4) is 0 Å². The van der Waals surface area contributed by atoms with Gasteiger partial charge in [-0.1, -0.05) is 26.2 Å². The van der Waals surface area contributed by atoms with Crippen LogP contribution in [0.15, 0.2) is 17.8 Å². The number of fused-ring (bicyclic) bond motifs is 1. The van der Waals surface area contributed by atoms with Crippen LogP contribution in [-0.4, -0.2) is 20.5 Å². The number of imidazole rings is 1. The molecule has 0 bridgehead atoms. The summed E-state index contributed by atoms with van der Waals surface area (Å²) in [5.41, 5.74) is 0.305. The Labute approximate surface area is 122 Å². The molecule has 108 valence electrons. The van der Waals surface area contributed by atoms with E-state index in [9.17, 15) is 9.90 Å². The van der Waals surface area contributed by atoms with Gasteiger partial charge >= 0.3 is 5.97 Å². The monoisotopic (exact) mass is 292 g/mol. The van der Waals surface area contributed by atoms with Gasteiger partial charge in [0.15, 0.2) is 4.96 Å². The first kappa shape index (κ1) is 13.6. The molecule has 1 N–H and O–H groups in total. The Balaban J connectivity index is 1.86. The molecule has 1 aliphatic carbocycles. The maximum absolute atomic E-state index is 11.9. The van der Waals surface area contributed by atoms with Crippen LogP contribution in [0.1, 0.15) is 44.7 Å². The zero-order valence-corrected chi connectivity index (χ0v) is 12.5. The molecule has 0 spiro atoms. The minimum atomic E-state index is -0.646. The number of rotatable bonds is 4. The smallest absolute Gasteiger partial charge is 0.310 e. The van der Waals surface area contributed by atoms with Crippen molar-refractivity contribution < 1.29 is 9.90 Å². The van der Waals surface area contributed by atoms with Crippen molar-refractivity contribution in [2.24, 2.45) is 11.3 Å². The summed E-state index contributed by atoms with van der Waals surface area (Å²) in [6, 6.07) is 0. The fourth-order valence-electron chi connectivity index (χ4n) is 3.47. The van der Waals surface area contributed by atoms with E-state index in [1.54, 1.807) is 11.3 Å². The molecule has 1 fully saturated rings. The molecule has 20 heavy (non-hydrogen) atoms. The van der Waals surface area contributed by atoms with Crippen LogP contribution in [0.2, 0.25) is 0 Å². The molecule has 2 atom stereocenters. The number of thiazole rings is 1. The van der Waals surface area contributed by atoms with E-state index in [1.807, 2.05) is 22.2 Å². The molecule has 1 saturated carbocycles. The molecule has 5 heteroatoms. The SMILES string of the molecule is CCC1CCCC(Cc2cn3ccsc3n2)(C(=O)O)C1. The molecule has 0 amide bonds. The molecule has 2 aromatic rings. The minimum Gasteiger partial charge on any atom is -0.481 e. The van der Waals surface area contributed by atoms with Crippen molar-refractivity contribution in [1.82, 2.24) is 9.38 Å². The molecule has 0 saturated heterocycles. The van der Waals surface area contributed by atoms with Gasteiger partial charge in [-0.15, -0.1) is 11.3 Å². The number of carboxylic acids is 1. The van der Waals surface area contributed by atoms with Crippen molar-refractivity contribution in [3.05, 3.63) is 23.5 Å². The summed E-state index contributed by atoms with van der Waals surface area (Å²) in [5, 5.41) is 11.7. The number of carboxylic acid groups (broad SMARTS) is 1. The Morgan fingerprint density at radius 2 is 2.50 bits per heavy atom. The molecule has 4 nitrogen and oxygen atoms in total. The Morgan fingerprint density at radius 1 is 1.65 bits per heavy atom.